The quantitative estimate of drug-likeness (QED) is 0.214. The number of rotatable bonds is 15. The summed E-state index contributed by atoms with van der Waals surface area (Å²) in [6.07, 6.45) is 26.6. The first kappa shape index (κ1) is 21.3. The van der Waals surface area contributed by atoms with Crippen molar-refractivity contribution in [2.45, 2.75) is 83.7 Å². The molecule has 0 spiro atoms. The Morgan fingerprint density at radius 2 is 1.76 bits per heavy atom. The molecule has 1 aliphatic heterocycles. The molecule has 0 unspecified atom stereocenters. The predicted molar refractivity (Wildman–Crippen MR) is 104 cm³/mol. The number of hydrogen-bond donors (Lipinski definition) is 1. The third-order valence-corrected chi connectivity index (χ3v) is 4.13. The zero-order valence-electron chi connectivity index (χ0n) is 15.7. The number of epoxide rings is 1. The summed E-state index contributed by atoms with van der Waals surface area (Å²) in [7, 11) is 0. The first-order chi connectivity index (χ1) is 12.2. The fourth-order valence-corrected chi connectivity index (χ4v) is 2.54. The summed E-state index contributed by atoms with van der Waals surface area (Å²) < 4.78 is 5.54. The summed E-state index contributed by atoms with van der Waals surface area (Å²) in [5, 5.41) is 8.55. The molecule has 0 saturated carbocycles. The van der Waals surface area contributed by atoms with Crippen molar-refractivity contribution in [1.82, 2.24) is 0 Å². The third kappa shape index (κ3) is 13.2. The van der Waals surface area contributed by atoms with E-state index in [1.165, 1.54) is 25.7 Å². The number of aliphatic carboxylic acids is 1. The van der Waals surface area contributed by atoms with Crippen molar-refractivity contribution in [3.8, 4) is 0 Å². The van der Waals surface area contributed by atoms with Crippen LogP contribution in [0.4, 0.5) is 0 Å². The van der Waals surface area contributed by atoms with Gasteiger partial charge in [0.2, 0.25) is 0 Å². The smallest absolute Gasteiger partial charge is 0.303 e. The van der Waals surface area contributed by atoms with Gasteiger partial charge in [-0.1, -0.05) is 62.6 Å². The maximum atomic E-state index is 10.4. The van der Waals surface area contributed by atoms with E-state index in [-0.39, 0.29) is 12.5 Å². The number of carbonyl (C=O) groups is 1. The van der Waals surface area contributed by atoms with Gasteiger partial charge in [0.15, 0.2) is 6.10 Å². The molecule has 1 atom stereocenters. The highest BCUT2D eigenvalue weighted by atomic mass is 16.6. The SMILES string of the molecule is CCCCC/C=C\C/C=C\C=C1O[C@@H]1C/C=C\CCCCCC(=O)O. The number of unbranched alkanes of at least 4 members (excludes halogenated alkanes) is 6. The summed E-state index contributed by atoms with van der Waals surface area (Å²) in [4.78, 5) is 10.4. The molecule has 140 valence electrons. The number of carboxylic acid groups (broad SMARTS) is 1. The lowest BCUT2D eigenvalue weighted by Gasteiger charge is -1.94. The van der Waals surface area contributed by atoms with Crippen molar-refractivity contribution < 1.29 is 14.6 Å². The Kier molecular flexibility index (Phi) is 12.4. The molecule has 3 nitrogen and oxygen atoms in total. The van der Waals surface area contributed by atoms with Crippen LogP contribution in [0, 0.1) is 0 Å². The third-order valence-electron chi connectivity index (χ3n) is 4.13. The van der Waals surface area contributed by atoms with Crippen LogP contribution in [0.5, 0.6) is 0 Å². The van der Waals surface area contributed by atoms with Gasteiger partial charge in [-0.25, -0.2) is 0 Å². The van der Waals surface area contributed by atoms with E-state index in [1.54, 1.807) is 0 Å². The van der Waals surface area contributed by atoms with Gasteiger partial charge in [-0.05, 0) is 44.6 Å². The molecule has 0 radical (unpaired) electrons. The van der Waals surface area contributed by atoms with E-state index in [4.69, 9.17) is 9.84 Å². The molecular formula is C22H34O3. The maximum Gasteiger partial charge on any atom is 0.303 e. The molecule has 1 rings (SSSR count). The molecule has 0 aromatic heterocycles. The molecule has 0 bridgehead atoms. The van der Waals surface area contributed by atoms with E-state index in [0.717, 1.165) is 44.3 Å². The lowest BCUT2D eigenvalue weighted by molar-refractivity contribution is -0.137. The Balaban J connectivity index is 1.97. The molecule has 1 N–H and O–H groups in total. The molecule has 1 fully saturated rings. The zero-order valence-corrected chi connectivity index (χ0v) is 15.7. The fraction of sp³-hybridized carbons (Fsp3) is 0.591. The normalized spacial score (nSPS) is 18.6. The van der Waals surface area contributed by atoms with Gasteiger partial charge in [0.1, 0.15) is 5.76 Å². The van der Waals surface area contributed by atoms with E-state index >= 15 is 0 Å². The van der Waals surface area contributed by atoms with Gasteiger partial charge in [0.25, 0.3) is 0 Å². The molecule has 1 heterocycles. The van der Waals surface area contributed by atoms with Crippen LogP contribution >= 0.6 is 0 Å². The van der Waals surface area contributed by atoms with Gasteiger partial charge in [0, 0.05) is 12.8 Å². The Morgan fingerprint density at radius 1 is 1.00 bits per heavy atom. The Labute approximate surface area is 153 Å². The summed E-state index contributed by atoms with van der Waals surface area (Å²) in [5.41, 5.74) is 0. The second-order valence-electron chi connectivity index (χ2n) is 6.51. The van der Waals surface area contributed by atoms with Crippen molar-refractivity contribution in [1.29, 1.82) is 0 Å². The minimum Gasteiger partial charge on any atom is -0.483 e. The molecule has 0 aliphatic carbocycles. The van der Waals surface area contributed by atoms with Crippen LogP contribution in [0.15, 0.2) is 48.3 Å². The van der Waals surface area contributed by atoms with Crippen LogP contribution < -0.4 is 0 Å². The number of allylic oxidation sites excluding steroid dienone is 6. The van der Waals surface area contributed by atoms with E-state index in [2.05, 4.69) is 49.5 Å². The molecule has 0 aromatic carbocycles. The molecule has 25 heavy (non-hydrogen) atoms. The molecule has 0 amide bonds. The Bertz CT molecular complexity index is 472. The van der Waals surface area contributed by atoms with E-state index in [9.17, 15) is 4.79 Å². The van der Waals surface area contributed by atoms with Crippen molar-refractivity contribution in [3.05, 3.63) is 48.3 Å². The number of ether oxygens (including phenoxy) is 1. The van der Waals surface area contributed by atoms with Crippen molar-refractivity contribution in [2.24, 2.45) is 0 Å². The number of carboxylic acids is 1. The molecule has 1 aliphatic rings. The van der Waals surface area contributed by atoms with Gasteiger partial charge in [-0.2, -0.15) is 0 Å². The summed E-state index contributed by atoms with van der Waals surface area (Å²) in [5.74, 6) is 0.382. The monoisotopic (exact) mass is 346 g/mol. The molecule has 1 saturated heterocycles. The minimum absolute atomic E-state index is 0.262. The summed E-state index contributed by atoms with van der Waals surface area (Å²) in [6, 6.07) is 0. The van der Waals surface area contributed by atoms with Gasteiger partial charge in [0.05, 0.1) is 0 Å². The highest BCUT2D eigenvalue weighted by Crippen LogP contribution is 2.30. The highest BCUT2D eigenvalue weighted by molar-refractivity contribution is 5.66. The van der Waals surface area contributed by atoms with E-state index in [1.807, 2.05) is 0 Å². The molecular weight excluding hydrogens is 312 g/mol. The first-order valence-electron chi connectivity index (χ1n) is 9.79. The average Bonchev–Trinajstić information content (AvgIpc) is 3.34. The average molecular weight is 347 g/mol. The van der Waals surface area contributed by atoms with Crippen LogP contribution in [0.25, 0.3) is 0 Å². The van der Waals surface area contributed by atoms with Gasteiger partial charge in [-0.3, -0.25) is 4.79 Å². The summed E-state index contributed by atoms with van der Waals surface area (Å²) >= 11 is 0. The standard InChI is InChI=1S/C22H34O3/c1-2-3-4-5-6-7-8-11-14-17-20-21(25-20)18-15-12-9-10-13-16-19-22(23)24/h6-7,11-12,14-15,17,21H,2-5,8-10,13,16,18-19H2,1H3,(H,23,24)/b7-6-,14-11-,15-12-,20-17?/t21-/m1/s1. The maximum absolute atomic E-state index is 10.4. The van der Waals surface area contributed by atoms with Crippen molar-refractivity contribution in [3.63, 3.8) is 0 Å². The zero-order chi connectivity index (χ0) is 18.2. The van der Waals surface area contributed by atoms with E-state index < -0.39 is 5.97 Å². The Hall–Kier alpha value is -1.77. The van der Waals surface area contributed by atoms with Crippen LogP contribution in [-0.4, -0.2) is 17.2 Å². The van der Waals surface area contributed by atoms with Crippen LogP contribution in [0.2, 0.25) is 0 Å². The summed E-state index contributed by atoms with van der Waals surface area (Å²) in [6.45, 7) is 2.23. The van der Waals surface area contributed by atoms with Gasteiger partial charge < -0.3 is 9.84 Å². The second kappa shape index (κ2) is 14.6. The lowest BCUT2D eigenvalue weighted by atomic mass is 10.1. The van der Waals surface area contributed by atoms with Crippen LogP contribution in [0.3, 0.4) is 0 Å². The first-order valence-corrected chi connectivity index (χ1v) is 9.79. The lowest BCUT2D eigenvalue weighted by Crippen LogP contribution is -1.93. The highest BCUT2D eigenvalue weighted by Gasteiger charge is 2.29. The Morgan fingerprint density at radius 3 is 2.52 bits per heavy atom. The van der Waals surface area contributed by atoms with E-state index in [0.29, 0.717) is 0 Å². The minimum atomic E-state index is -0.696. The number of hydrogen-bond acceptors (Lipinski definition) is 2. The molecule has 0 aromatic rings. The largest absolute Gasteiger partial charge is 0.483 e. The van der Waals surface area contributed by atoms with Gasteiger partial charge in [-0.15, -0.1) is 0 Å². The van der Waals surface area contributed by atoms with Gasteiger partial charge >= 0.3 is 5.97 Å². The van der Waals surface area contributed by atoms with Crippen molar-refractivity contribution in [2.75, 3.05) is 0 Å². The fourth-order valence-electron chi connectivity index (χ4n) is 2.54. The van der Waals surface area contributed by atoms with Crippen molar-refractivity contribution >= 4 is 5.97 Å². The second-order valence-corrected chi connectivity index (χ2v) is 6.51. The molecule has 3 heteroatoms. The van der Waals surface area contributed by atoms with Crippen LogP contribution in [0.1, 0.15) is 77.6 Å². The predicted octanol–water partition coefficient (Wildman–Crippen LogP) is 6.33. The topological polar surface area (TPSA) is 49.8 Å². The van der Waals surface area contributed by atoms with Crippen LogP contribution in [-0.2, 0) is 9.53 Å².